The van der Waals surface area contributed by atoms with E-state index >= 15 is 0 Å². The summed E-state index contributed by atoms with van der Waals surface area (Å²) >= 11 is 1.46. The van der Waals surface area contributed by atoms with Gasteiger partial charge in [0.05, 0.1) is 12.0 Å². The molecule has 1 saturated heterocycles. The topological polar surface area (TPSA) is 106 Å². The minimum atomic E-state index is -3.60. The molecule has 1 N–H and O–H groups in total. The fraction of sp³-hybridized carbons (Fsp3) is 0.375. The van der Waals surface area contributed by atoms with Crippen molar-refractivity contribution >= 4 is 32.4 Å². The summed E-state index contributed by atoms with van der Waals surface area (Å²) in [4.78, 5) is 17.0. The highest BCUT2D eigenvalue weighted by Gasteiger charge is 2.32. The van der Waals surface area contributed by atoms with Crippen LogP contribution in [0.2, 0.25) is 0 Å². The molecule has 3 aromatic heterocycles. The molecule has 1 aliphatic rings. The van der Waals surface area contributed by atoms with Gasteiger partial charge in [0.1, 0.15) is 0 Å². The van der Waals surface area contributed by atoms with E-state index in [1.54, 1.807) is 24.0 Å². The monoisotopic (exact) mass is 405 g/mol. The Kier molecular flexibility index (Phi) is 4.89. The molecule has 142 valence electrons. The number of nitrogens with zero attached hydrogens (tertiary/aromatic N) is 6. The number of aryl methyl sites for hydroxylation is 1. The van der Waals surface area contributed by atoms with Crippen LogP contribution in [0, 0.1) is 0 Å². The van der Waals surface area contributed by atoms with Crippen LogP contribution >= 0.6 is 11.3 Å². The summed E-state index contributed by atoms with van der Waals surface area (Å²) < 4.78 is 28.8. The Morgan fingerprint density at radius 1 is 1.26 bits per heavy atom. The van der Waals surface area contributed by atoms with Crippen LogP contribution in [0.5, 0.6) is 0 Å². The molecule has 11 heteroatoms. The van der Waals surface area contributed by atoms with E-state index in [0.29, 0.717) is 19.0 Å². The molecule has 0 spiro atoms. The van der Waals surface area contributed by atoms with Crippen LogP contribution in [0.25, 0.3) is 0 Å². The first-order chi connectivity index (χ1) is 13.0. The molecular formula is C16H19N7O2S2. The summed E-state index contributed by atoms with van der Waals surface area (Å²) in [5, 5.41) is 5.74. The second-order valence-electron chi connectivity index (χ2n) is 6.35. The van der Waals surface area contributed by atoms with Crippen molar-refractivity contribution in [3.8, 4) is 0 Å². The third kappa shape index (κ3) is 3.84. The van der Waals surface area contributed by atoms with Gasteiger partial charge < -0.3 is 9.88 Å². The minimum Gasteiger partial charge on any atom is -0.339 e. The van der Waals surface area contributed by atoms with E-state index in [1.165, 1.54) is 28.2 Å². The predicted octanol–water partition coefficient (Wildman–Crippen LogP) is 1.98. The number of thiazole rings is 1. The lowest BCUT2D eigenvalue weighted by Gasteiger charge is -2.31. The molecule has 4 rings (SSSR count). The second-order valence-corrected chi connectivity index (χ2v) is 9.13. The number of anilines is 2. The summed E-state index contributed by atoms with van der Waals surface area (Å²) in [7, 11) is -1.85. The van der Waals surface area contributed by atoms with Crippen LogP contribution < -0.4 is 5.32 Å². The molecule has 0 aromatic carbocycles. The molecule has 1 aliphatic heterocycles. The Hall–Kier alpha value is -2.37. The van der Waals surface area contributed by atoms with Crippen LogP contribution in [0.4, 0.5) is 11.1 Å². The average Bonchev–Trinajstić information content (AvgIpc) is 3.34. The Morgan fingerprint density at radius 3 is 2.89 bits per heavy atom. The zero-order valence-electron chi connectivity index (χ0n) is 14.7. The van der Waals surface area contributed by atoms with E-state index in [2.05, 4.69) is 25.3 Å². The van der Waals surface area contributed by atoms with E-state index in [0.717, 1.165) is 23.7 Å². The highest BCUT2D eigenvalue weighted by Crippen LogP contribution is 2.29. The van der Waals surface area contributed by atoms with Crippen LogP contribution in [0.1, 0.15) is 24.5 Å². The maximum absolute atomic E-state index is 12.9. The molecule has 9 nitrogen and oxygen atoms in total. The highest BCUT2D eigenvalue weighted by atomic mass is 32.2. The van der Waals surface area contributed by atoms with Crippen LogP contribution in [-0.2, 0) is 17.1 Å². The number of nitrogens with one attached hydrogen (secondary N) is 1. The van der Waals surface area contributed by atoms with Gasteiger partial charge in [-0.15, -0.1) is 11.3 Å². The fourth-order valence-electron chi connectivity index (χ4n) is 3.10. The van der Waals surface area contributed by atoms with Crippen molar-refractivity contribution in [3.05, 3.63) is 42.1 Å². The Bertz CT molecular complexity index is 1020. The third-order valence-electron chi connectivity index (χ3n) is 4.42. The van der Waals surface area contributed by atoms with Gasteiger partial charge in [-0.3, -0.25) is 0 Å². The molecule has 3 aromatic rings. The second kappa shape index (κ2) is 7.33. The van der Waals surface area contributed by atoms with Gasteiger partial charge in [0.25, 0.3) is 10.0 Å². The molecule has 1 unspecified atom stereocenters. The maximum Gasteiger partial charge on any atom is 0.262 e. The number of hydrogen-bond acceptors (Lipinski definition) is 8. The SMILES string of the molecule is Cn1cnc(S(=O)(=O)N2CCCC(c3ccnc(Nc4nccs4)n3)C2)c1. The molecule has 1 fully saturated rings. The first kappa shape index (κ1) is 18.0. The summed E-state index contributed by atoms with van der Waals surface area (Å²) in [5.41, 5.74) is 0.824. The van der Waals surface area contributed by atoms with Gasteiger partial charge in [-0.1, -0.05) is 0 Å². The number of rotatable bonds is 5. The summed E-state index contributed by atoms with van der Waals surface area (Å²) in [5.74, 6) is 0.476. The first-order valence-electron chi connectivity index (χ1n) is 8.50. The molecule has 0 amide bonds. The van der Waals surface area contributed by atoms with Crippen molar-refractivity contribution in [3.63, 3.8) is 0 Å². The highest BCUT2D eigenvalue weighted by molar-refractivity contribution is 7.89. The van der Waals surface area contributed by atoms with Crippen LogP contribution in [0.3, 0.4) is 0 Å². The standard InChI is InChI=1S/C16H19N7O2S2/c1-22-10-14(19-11-22)27(24,25)23-7-2-3-12(9-23)13-4-5-17-15(20-13)21-16-18-6-8-26-16/h4-6,8,10-12H,2-3,7,9H2,1H3,(H,17,18,20,21). The third-order valence-corrected chi connectivity index (χ3v) is 6.86. The fourth-order valence-corrected chi connectivity index (χ4v) is 5.11. The lowest BCUT2D eigenvalue weighted by molar-refractivity contribution is 0.312. The molecule has 0 aliphatic carbocycles. The Morgan fingerprint density at radius 2 is 2.15 bits per heavy atom. The molecule has 0 radical (unpaired) electrons. The van der Waals surface area contributed by atoms with E-state index in [4.69, 9.17) is 0 Å². The first-order valence-corrected chi connectivity index (χ1v) is 10.8. The van der Waals surface area contributed by atoms with Crippen molar-refractivity contribution in [2.24, 2.45) is 7.05 Å². The molecule has 1 atom stereocenters. The largest absolute Gasteiger partial charge is 0.339 e. The van der Waals surface area contributed by atoms with E-state index < -0.39 is 10.0 Å². The molecule has 4 heterocycles. The average molecular weight is 406 g/mol. The van der Waals surface area contributed by atoms with E-state index in [-0.39, 0.29) is 10.9 Å². The summed E-state index contributed by atoms with van der Waals surface area (Å²) in [6.45, 7) is 0.872. The molecular weight excluding hydrogens is 386 g/mol. The van der Waals surface area contributed by atoms with Crippen molar-refractivity contribution < 1.29 is 8.42 Å². The van der Waals surface area contributed by atoms with Crippen molar-refractivity contribution in [1.82, 2.24) is 28.8 Å². The number of piperidine rings is 1. The lowest BCUT2D eigenvalue weighted by Crippen LogP contribution is -2.39. The summed E-state index contributed by atoms with van der Waals surface area (Å²) in [6.07, 6.45) is 8.07. The van der Waals surface area contributed by atoms with E-state index in [1.807, 2.05) is 11.4 Å². The van der Waals surface area contributed by atoms with Crippen molar-refractivity contribution in [2.45, 2.75) is 23.8 Å². The molecule has 0 bridgehead atoms. The zero-order chi connectivity index (χ0) is 18.9. The quantitative estimate of drug-likeness (QED) is 0.692. The van der Waals surface area contributed by atoms with Crippen molar-refractivity contribution in [2.75, 3.05) is 18.4 Å². The van der Waals surface area contributed by atoms with Crippen molar-refractivity contribution in [1.29, 1.82) is 0 Å². The Balaban J connectivity index is 1.53. The van der Waals surface area contributed by atoms with Gasteiger partial charge in [-0.05, 0) is 18.9 Å². The van der Waals surface area contributed by atoms with Gasteiger partial charge >= 0.3 is 0 Å². The minimum absolute atomic E-state index is 0.0112. The zero-order valence-corrected chi connectivity index (χ0v) is 16.3. The van der Waals surface area contributed by atoms with Gasteiger partial charge in [0.2, 0.25) is 5.95 Å². The van der Waals surface area contributed by atoms with Gasteiger partial charge in [-0.25, -0.2) is 28.4 Å². The van der Waals surface area contributed by atoms with Gasteiger partial charge in [0.15, 0.2) is 10.2 Å². The van der Waals surface area contributed by atoms with Crippen LogP contribution in [0.15, 0.2) is 41.4 Å². The number of imidazole rings is 1. The van der Waals surface area contributed by atoms with Gasteiger partial charge in [0, 0.05) is 50.0 Å². The van der Waals surface area contributed by atoms with Crippen LogP contribution in [-0.4, -0.2) is 50.3 Å². The predicted molar refractivity (Wildman–Crippen MR) is 101 cm³/mol. The summed E-state index contributed by atoms with van der Waals surface area (Å²) in [6, 6.07) is 1.84. The molecule has 0 saturated carbocycles. The maximum atomic E-state index is 12.9. The number of aromatic nitrogens is 5. The lowest BCUT2D eigenvalue weighted by atomic mass is 9.96. The number of hydrogen-bond donors (Lipinski definition) is 1. The van der Waals surface area contributed by atoms with E-state index in [9.17, 15) is 8.42 Å². The van der Waals surface area contributed by atoms with Gasteiger partial charge in [-0.2, -0.15) is 4.31 Å². The normalized spacial score (nSPS) is 18.5. The number of sulfonamides is 1. The Labute approximate surface area is 161 Å². The molecule has 27 heavy (non-hydrogen) atoms. The smallest absolute Gasteiger partial charge is 0.262 e.